The molecule has 7 nitrogen and oxygen atoms in total. The Kier molecular flexibility index (Phi) is 9.10. The summed E-state index contributed by atoms with van der Waals surface area (Å²) in [4.78, 5) is 30.1. The molecule has 3 aromatic carbocycles. The number of benzene rings is 3. The van der Waals surface area contributed by atoms with Crippen molar-refractivity contribution < 1.29 is 14.3 Å². The summed E-state index contributed by atoms with van der Waals surface area (Å²) in [6.45, 7) is 7.06. The van der Waals surface area contributed by atoms with Gasteiger partial charge in [-0.2, -0.15) is 0 Å². The highest BCUT2D eigenvalue weighted by molar-refractivity contribution is 5.89. The molecule has 0 aliphatic carbocycles. The zero-order valence-electron chi connectivity index (χ0n) is 21.8. The number of carbonyl (C=O) groups excluding carboxylic acids is 2. The molecule has 1 N–H and O–H groups in total. The average molecular weight is 499 g/mol. The van der Waals surface area contributed by atoms with Gasteiger partial charge in [0.25, 0.3) is 0 Å². The minimum absolute atomic E-state index is 0.0976. The van der Waals surface area contributed by atoms with Crippen LogP contribution in [0.15, 0.2) is 96.1 Å². The molecule has 37 heavy (non-hydrogen) atoms. The summed E-state index contributed by atoms with van der Waals surface area (Å²) in [6.07, 6.45) is -0.259. The highest BCUT2D eigenvalue weighted by Crippen LogP contribution is 2.33. The molecule has 0 aromatic heterocycles. The monoisotopic (exact) mass is 498 g/mol. The van der Waals surface area contributed by atoms with Crippen LogP contribution in [0.3, 0.4) is 0 Å². The van der Waals surface area contributed by atoms with Crippen molar-refractivity contribution in [2.24, 2.45) is 5.11 Å². The van der Waals surface area contributed by atoms with E-state index >= 15 is 0 Å². The van der Waals surface area contributed by atoms with Gasteiger partial charge in [0.15, 0.2) is 5.78 Å². The van der Waals surface area contributed by atoms with Gasteiger partial charge in [0.05, 0.1) is 11.6 Å². The standard InChI is InChI=1S/C30H34N4O3/c1-29(2,3)37-28(36)32-27(26(35)21-30(4,33-34-31)24-18-12-7-13-19-24)25(23-16-10-6-11-17-23)20-22-14-8-5-9-15-22/h5-19,25,27H,20-21H2,1-4H3,(H,32,36)/t25?,27-,30-/m1/s1. The minimum Gasteiger partial charge on any atom is -0.444 e. The van der Waals surface area contributed by atoms with Crippen LogP contribution in [0, 0.1) is 0 Å². The van der Waals surface area contributed by atoms with Crippen LogP contribution in [-0.4, -0.2) is 23.5 Å². The first-order valence-electron chi connectivity index (χ1n) is 12.3. The van der Waals surface area contributed by atoms with Gasteiger partial charge in [0.2, 0.25) is 0 Å². The number of nitrogens with one attached hydrogen (secondary N) is 1. The van der Waals surface area contributed by atoms with Crippen molar-refractivity contribution >= 4 is 11.9 Å². The Morgan fingerprint density at radius 1 is 0.892 bits per heavy atom. The molecule has 0 saturated heterocycles. The molecule has 0 radical (unpaired) electrons. The topological polar surface area (TPSA) is 104 Å². The second-order valence-corrected chi connectivity index (χ2v) is 10.3. The number of hydrogen-bond donors (Lipinski definition) is 1. The molecule has 0 heterocycles. The van der Waals surface area contributed by atoms with E-state index in [1.807, 2.05) is 91.0 Å². The third kappa shape index (κ3) is 7.95. The molecule has 192 valence electrons. The van der Waals surface area contributed by atoms with Crippen LogP contribution in [0.2, 0.25) is 0 Å². The number of carbonyl (C=O) groups is 2. The number of nitrogens with zero attached hydrogens (tertiary/aromatic N) is 3. The zero-order valence-corrected chi connectivity index (χ0v) is 21.8. The van der Waals surface area contributed by atoms with E-state index in [1.165, 1.54) is 0 Å². The third-order valence-electron chi connectivity index (χ3n) is 6.13. The first-order valence-corrected chi connectivity index (χ1v) is 12.3. The van der Waals surface area contributed by atoms with E-state index in [0.717, 1.165) is 16.7 Å². The maximum Gasteiger partial charge on any atom is 0.408 e. The number of Topliss-reactive ketones (excluding diaryl/α,β-unsaturated/α-hetero) is 1. The number of amides is 1. The summed E-state index contributed by atoms with van der Waals surface area (Å²) >= 11 is 0. The van der Waals surface area contributed by atoms with Gasteiger partial charge in [0, 0.05) is 17.3 Å². The quantitative estimate of drug-likeness (QED) is 0.183. The number of alkyl carbamates (subject to hydrolysis) is 1. The van der Waals surface area contributed by atoms with Gasteiger partial charge >= 0.3 is 6.09 Å². The van der Waals surface area contributed by atoms with Crippen LogP contribution in [0.5, 0.6) is 0 Å². The first kappa shape index (κ1) is 27.5. The maximum atomic E-state index is 14.1. The van der Waals surface area contributed by atoms with Crippen molar-refractivity contribution in [3.05, 3.63) is 118 Å². The molecule has 1 amide bonds. The van der Waals surface area contributed by atoms with Crippen LogP contribution in [-0.2, 0) is 21.5 Å². The summed E-state index contributed by atoms with van der Waals surface area (Å²) in [7, 11) is 0. The predicted molar refractivity (Wildman–Crippen MR) is 145 cm³/mol. The Balaban J connectivity index is 2.04. The lowest BCUT2D eigenvalue weighted by Gasteiger charge is -2.32. The second kappa shape index (κ2) is 12.2. The first-order chi connectivity index (χ1) is 17.6. The molecule has 1 unspecified atom stereocenters. The van der Waals surface area contributed by atoms with Gasteiger partial charge in [0.1, 0.15) is 5.60 Å². The number of azide groups is 1. The molecule has 3 atom stereocenters. The summed E-state index contributed by atoms with van der Waals surface area (Å²) in [6, 6.07) is 27.7. The van der Waals surface area contributed by atoms with E-state index < -0.39 is 23.3 Å². The lowest BCUT2D eigenvalue weighted by atomic mass is 9.79. The summed E-state index contributed by atoms with van der Waals surface area (Å²) in [5.41, 5.74) is 10.1. The zero-order chi connectivity index (χ0) is 26.9. The fourth-order valence-corrected chi connectivity index (χ4v) is 4.38. The molecule has 0 spiro atoms. The predicted octanol–water partition coefficient (Wildman–Crippen LogP) is 7.09. The van der Waals surface area contributed by atoms with E-state index in [9.17, 15) is 15.1 Å². The normalized spacial score (nSPS) is 14.4. The van der Waals surface area contributed by atoms with Gasteiger partial charge in [-0.15, -0.1) is 0 Å². The Hall–Kier alpha value is -4.09. The molecule has 0 fully saturated rings. The Labute approximate surface area is 218 Å². The number of ketones is 1. The smallest absolute Gasteiger partial charge is 0.408 e. The van der Waals surface area contributed by atoms with Crippen molar-refractivity contribution in [3.8, 4) is 0 Å². The fourth-order valence-electron chi connectivity index (χ4n) is 4.38. The molecule has 0 saturated carbocycles. The highest BCUT2D eigenvalue weighted by Gasteiger charge is 2.37. The Morgan fingerprint density at radius 2 is 1.43 bits per heavy atom. The third-order valence-corrected chi connectivity index (χ3v) is 6.13. The van der Waals surface area contributed by atoms with E-state index in [2.05, 4.69) is 15.3 Å². The molecular weight excluding hydrogens is 464 g/mol. The van der Waals surface area contributed by atoms with Crippen molar-refractivity contribution in [2.45, 2.75) is 63.6 Å². The Morgan fingerprint density at radius 3 is 1.97 bits per heavy atom. The highest BCUT2D eigenvalue weighted by atomic mass is 16.6. The number of hydrogen-bond acceptors (Lipinski definition) is 4. The van der Waals surface area contributed by atoms with Gasteiger partial charge in [-0.3, -0.25) is 4.79 Å². The van der Waals surface area contributed by atoms with Gasteiger partial charge < -0.3 is 10.1 Å². The summed E-state index contributed by atoms with van der Waals surface area (Å²) in [5, 5.41) is 6.88. The molecule has 7 heteroatoms. The largest absolute Gasteiger partial charge is 0.444 e. The van der Waals surface area contributed by atoms with E-state index in [0.29, 0.717) is 6.42 Å². The van der Waals surface area contributed by atoms with Crippen molar-refractivity contribution in [3.63, 3.8) is 0 Å². The van der Waals surface area contributed by atoms with E-state index in [1.54, 1.807) is 27.7 Å². The molecular formula is C30H34N4O3. The van der Waals surface area contributed by atoms with Crippen molar-refractivity contribution in [1.82, 2.24) is 5.32 Å². The lowest BCUT2D eigenvalue weighted by molar-refractivity contribution is -0.122. The number of ether oxygens (including phenoxy) is 1. The van der Waals surface area contributed by atoms with E-state index in [4.69, 9.17) is 4.74 Å². The number of rotatable bonds is 10. The lowest BCUT2D eigenvalue weighted by Crippen LogP contribution is -2.48. The molecule has 0 aliphatic heterocycles. The molecule has 0 bridgehead atoms. The molecule has 0 aliphatic rings. The van der Waals surface area contributed by atoms with Gasteiger partial charge in [-0.1, -0.05) is 96.1 Å². The second-order valence-electron chi connectivity index (χ2n) is 10.3. The maximum absolute atomic E-state index is 14.1. The van der Waals surface area contributed by atoms with Crippen molar-refractivity contribution in [2.75, 3.05) is 0 Å². The molecule has 3 aromatic rings. The van der Waals surface area contributed by atoms with Gasteiger partial charge in [-0.05, 0) is 56.3 Å². The van der Waals surface area contributed by atoms with E-state index in [-0.39, 0.29) is 18.1 Å². The van der Waals surface area contributed by atoms with Crippen molar-refractivity contribution in [1.29, 1.82) is 0 Å². The van der Waals surface area contributed by atoms with Gasteiger partial charge in [-0.25, -0.2) is 4.79 Å². The molecule has 3 rings (SSSR count). The van der Waals surface area contributed by atoms with Crippen LogP contribution in [0.4, 0.5) is 4.79 Å². The minimum atomic E-state index is -1.13. The SMILES string of the molecule is CC(C)(C)OC(=O)N[C@@H](C(=O)C[C@@](C)(N=[N+]=[N-])c1ccccc1)C(Cc1ccccc1)c1ccccc1. The summed E-state index contributed by atoms with van der Waals surface area (Å²) < 4.78 is 5.53. The Bertz CT molecular complexity index is 1220. The summed E-state index contributed by atoms with van der Waals surface area (Å²) in [5.74, 6) is -0.635. The van der Waals surface area contributed by atoms with Crippen LogP contribution >= 0.6 is 0 Å². The fraction of sp³-hybridized carbons (Fsp3) is 0.333. The van der Waals surface area contributed by atoms with Crippen LogP contribution in [0.25, 0.3) is 10.4 Å². The van der Waals surface area contributed by atoms with Crippen LogP contribution < -0.4 is 5.32 Å². The van der Waals surface area contributed by atoms with Crippen LogP contribution in [0.1, 0.15) is 56.7 Å². The average Bonchev–Trinajstić information content (AvgIpc) is 2.87.